The van der Waals surface area contributed by atoms with Crippen LogP contribution in [0, 0.1) is 5.82 Å². The zero-order chi connectivity index (χ0) is 19.9. The van der Waals surface area contributed by atoms with E-state index in [4.69, 9.17) is 9.47 Å². The Morgan fingerprint density at radius 2 is 1.57 bits per heavy atom. The number of ether oxygens (including phenoxy) is 2. The van der Waals surface area contributed by atoms with Crippen molar-refractivity contribution in [3.63, 3.8) is 0 Å². The van der Waals surface area contributed by atoms with Crippen LogP contribution >= 0.6 is 0 Å². The van der Waals surface area contributed by atoms with Crippen LogP contribution in [0.5, 0.6) is 11.5 Å². The zero-order valence-electron chi connectivity index (χ0n) is 15.1. The maximum Gasteiger partial charge on any atom is 0.346 e. The molecule has 5 heteroatoms. The molecule has 0 saturated heterocycles. The first-order valence-corrected chi connectivity index (χ1v) is 8.50. The first kappa shape index (κ1) is 19.0. The van der Waals surface area contributed by atoms with Crippen LogP contribution in [0.4, 0.5) is 4.39 Å². The van der Waals surface area contributed by atoms with Gasteiger partial charge < -0.3 is 9.47 Å². The molecule has 0 radical (unpaired) electrons. The second-order valence-electron chi connectivity index (χ2n) is 5.83. The lowest BCUT2D eigenvalue weighted by atomic mass is 10.1. The standard InChI is InChI=1S/C23H17FO4/c1-27-18-13-10-16(11-14-18)21(25)15-12-17-6-2-5-9-22(17)28-23(26)19-7-3-4-8-20(19)24/h2-15H,1H3/b15-12+. The molecule has 0 fully saturated rings. The Kier molecular flexibility index (Phi) is 5.97. The Morgan fingerprint density at radius 3 is 2.29 bits per heavy atom. The van der Waals surface area contributed by atoms with E-state index in [1.54, 1.807) is 67.8 Å². The lowest BCUT2D eigenvalue weighted by Crippen LogP contribution is -2.11. The van der Waals surface area contributed by atoms with Gasteiger partial charge in [0.05, 0.1) is 12.7 Å². The molecule has 0 amide bonds. The molecule has 28 heavy (non-hydrogen) atoms. The molecular formula is C23H17FO4. The van der Waals surface area contributed by atoms with Gasteiger partial charge in [-0.3, -0.25) is 4.79 Å². The number of halogens is 1. The number of allylic oxidation sites excluding steroid dienone is 1. The van der Waals surface area contributed by atoms with Crippen LogP contribution in [0.1, 0.15) is 26.3 Å². The van der Waals surface area contributed by atoms with E-state index >= 15 is 0 Å². The van der Waals surface area contributed by atoms with E-state index in [1.165, 1.54) is 24.3 Å². The number of hydrogen-bond donors (Lipinski definition) is 0. The van der Waals surface area contributed by atoms with Gasteiger partial charge in [0.1, 0.15) is 17.3 Å². The van der Waals surface area contributed by atoms with Crippen LogP contribution in [-0.2, 0) is 0 Å². The van der Waals surface area contributed by atoms with Crippen LogP contribution in [0.15, 0.2) is 78.9 Å². The van der Waals surface area contributed by atoms with Gasteiger partial charge in [0, 0.05) is 11.1 Å². The summed E-state index contributed by atoms with van der Waals surface area (Å²) in [5.74, 6) is -0.783. The number of methoxy groups -OCH3 is 1. The van der Waals surface area contributed by atoms with Gasteiger partial charge in [-0.15, -0.1) is 0 Å². The molecule has 3 aromatic carbocycles. The van der Waals surface area contributed by atoms with Crippen molar-refractivity contribution in [2.75, 3.05) is 7.11 Å². The molecule has 3 aromatic rings. The zero-order valence-corrected chi connectivity index (χ0v) is 15.1. The molecule has 4 nitrogen and oxygen atoms in total. The summed E-state index contributed by atoms with van der Waals surface area (Å²) in [5, 5.41) is 0. The summed E-state index contributed by atoms with van der Waals surface area (Å²) in [6.45, 7) is 0. The summed E-state index contributed by atoms with van der Waals surface area (Å²) in [6, 6.07) is 19.0. The first-order valence-electron chi connectivity index (χ1n) is 8.50. The van der Waals surface area contributed by atoms with Gasteiger partial charge in [-0.25, -0.2) is 9.18 Å². The van der Waals surface area contributed by atoms with Crippen molar-refractivity contribution in [3.8, 4) is 11.5 Å². The Labute approximate surface area is 161 Å². The molecule has 0 heterocycles. The Morgan fingerprint density at radius 1 is 0.893 bits per heavy atom. The quantitative estimate of drug-likeness (QED) is 0.264. The van der Waals surface area contributed by atoms with Crippen molar-refractivity contribution in [2.45, 2.75) is 0 Å². The van der Waals surface area contributed by atoms with Crippen molar-refractivity contribution < 1.29 is 23.5 Å². The largest absolute Gasteiger partial charge is 0.497 e. The highest BCUT2D eigenvalue weighted by Gasteiger charge is 2.14. The Balaban J connectivity index is 1.78. The molecule has 0 aliphatic heterocycles. The predicted octanol–water partition coefficient (Wildman–Crippen LogP) is 4.95. The number of ketones is 1. The van der Waals surface area contributed by atoms with Crippen molar-refractivity contribution in [2.24, 2.45) is 0 Å². The number of para-hydroxylation sites is 1. The second-order valence-corrected chi connectivity index (χ2v) is 5.83. The SMILES string of the molecule is COc1ccc(C(=O)/C=C/c2ccccc2OC(=O)c2ccccc2F)cc1. The van der Waals surface area contributed by atoms with Crippen LogP contribution in [0.2, 0.25) is 0 Å². The topological polar surface area (TPSA) is 52.6 Å². The van der Waals surface area contributed by atoms with Crippen molar-refractivity contribution >= 4 is 17.8 Å². The summed E-state index contributed by atoms with van der Waals surface area (Å²) in [6.07, 6.45) is 2.94. The van der Waals surface area contributed by atoms with Crippen molar-refractivity contribution in [1.82, 2.24) is 0 Å². The summed E-state index contributed by atoms with van der Waals surface area (Å²) in [7, 11) is 1.55. The van der Waals surface area contributed by atoms with E-state index in [9.17, 15) is 14.0 Å². The Hall–Kier alpha value is -3.73. The Bertz CT molecular complexity index is 1020. The van der Waals surface area contributed by atoms with E-state index in [2.05, 4.69) is 0 Å². The van der Waals surface area contributed by atoms with Gasteiger partial charge in [-0.2, -0.15) is 0 Å². The van der Waals surface area contributed by atoms with Gasteiger partial charge in [-0.05, 0) is 54.6 Å². The molecule has 0 bridgehead atoms. The average molecular weight is 376 g/mol. The molecule has 0 aliphatic rings. The highest BCUT2D eigenvalue weighted by atomic mass is 19.1. The number of rotatable bonds is 6. The molecule has 0 N–H and O–H groups in total. The minimum atomic E-state index is -0.805. The van der Waals surface area contributed by atoms with Crippen molar-refractivity contribution in [1.29, 1.82) is 0 Å². The highest BCUT2D eigenvalue weighted by molar-refractivity contribution is 6.07. The summed E-state index contributed by atoms with van der Waals surface area (Å²) in [4.78, 5) is 24.6. The minimum Gasteiger partial charge on any atom is -0.497 e. The van der Waals surface area contributed by atoms with Gasteiger partial charge in [0.2, 0.25) is 0 Å². The minimum absolute atomic E-state index is 0.157. The monoisotopic (exact) mass is 376 g/mol. The number of benzene rings is 3. The average Bonchev–Trinajstić information content (AvgIpc) is 2.73. The normalized spacial score (nSPS) is 10.6. The maximum atomic E-state index is 13.8. The van der Waals surface area contributed by atoms with Gasteiger partial charge >= 0.3 is 5.97 Å². The number of hydrogen-bond acceptors (Lipinski definition) is 4. The molecule has 0 saturated carbocycles. The highest BCUT2D eigenvalue weighted by Crippen LogP contribution is 2.22. The fourth-order valence-electron chi connectivity index (χ4n) is 2.51. The van der Waals surface area contributed by atoms with E-state index in [-0.39, 0.29) is 17.1 Å². The molecular weight excluding hydrogens is 359 g/mol. The van der Waals surface area contributed by atoms with Gasteiger partial charge in [-0.1, -0.05) is 30.3 Å². The molecule has 0 atom stereocenters. The lowest BCUT2D eigenvalue weighted by Gasteiger charge is -2.08. The number of carbonyl (C=O) groups is 2. The third kappa shape index (κ3) is 4.51. The van der Waals surface area contributed by atoms with Gasteiger partial charge in [0.25, 0.3) is 0 Å². The van der Waals surface area contributed by atoms with E-state index < -0.39 is 11.8 Å². The van der Waals surface area contributed by atoms with Gasteiger partial charge in [0.15, 0.2) is 5.78 Å². The second kappa shape index (κ2) is 8.77. The molecule has 3 rings (SSSR count). The van der Waals surface area contributed by atoms with Crippen LogP contribution in [-0.4, -0.2) is 18.9 Å². The molecule has 140 valence electrons. The third-order valence-electron chi connectivity index (χ3n) is 4.00. The van der Waals surface area contributed by atoms with Crippen molar-refractivity contribution in [3.05, 3.63) is 101 Å². The van der Waals surface area contributed by atoms with Crippen LogP contribution < -0.4 is 9.47 Å². The summed E-state index contributed by atoms with van der Waals surface area (Å²) in [5.41, 5.74) is 0.863. The first-order chi connectivity index (χ1) is 13.6. The third-order valence-corrected chi connectivity index (χ3v) is 4.00. The van der Waals surface area contributed by atoms with E-state index in [1.807, 2.05) is 0 Å². The van der Waals surface area contributed by atoms with E-state index in [0.29, 0.717) is 16.9 Å². The molecule has 0 spiro atoms. The van der Waals surface area contributed by atoms with Crippen LogP contribution in [0.25, 0.3) is 6.08 Å². The molecule has 0 aliphatic carbocycles. The predicted molar refractivity (Wildman–Crippen MR) is 104 cm³/mol. The maximum absolute atomic E-state index is 13.8. The fourth-order valence-corrected chi connectivity index (χ4v) is 2.51. The van der Waals surface area contributed by atoms with E-state index in [0.717, 1.165) is 0 Å². The molecule has 0 aromatic heterocycles. The van der Waals surface area contributed by atoms with Crippen LogP contribution in [0.3, 0.4) is 0 Å². The number of esters is 1. The number of carbonyl (C=O) groups excluding carboxylic acids is 2. The lowest BCUT2D eigenvalue weighted by molar-refractivity contribution is 0.0729. The molecule has 0 unspecified atom stereocenters. The smallest absolute Gasteiger partial charge is 0.346 e. The summed E-state index contributed by atoms with van der Waals surface area (Å²) < 4.78 is 24.2. The fraction of sp³-hybridized carbons (Fsp3) is 0.0435. The summed E-state index contributed by atoms with van der Waals surface area (Å²) >= 11 is 0.